The fourth-order valence-corrected chi connectivity index (χ4v) is 3.81. The molecule has 2 N–H and O–H groups in total. The number of likely N-dealkylation sites (N-methyl/N-ethyl adjacent to an activating group) is 1. The zero-order chi connectivity index (χ0) is 15.4. The van der Waals surface area contributed by atoms with E-state index in [-0.39, 0.29) is 6.04 Å². The number of halogens is 1. The maximum Gasteiger partial charge on any atom is 0.0500 e. The summed E-state index contributed by atoms with van der Waals surface area (Å²) in [6.07, 6.45) is 1.000. The summed E-state index contributed by atoms with van der Waals surface area (Å²) in [4.78, 5) is 5.12. The van der Waals surface area contributed by atoms with Crippen LogP contribution in [0.5, 0.6) is 0 Å². The van der Waals surface area contributed by atoms with Crippen LogP contribution >= 0.6 is 15.9 Å². The van der Waals surface area contributed by atoms with Gasteiger partial charge >= 0.3 is 0 Å². The van der Waals surface area contributed by atoms with Crippen molar-refractivity contribution in [2.24, 2.45) is 5.73 Å². The Morgan fingerprint density at radius 3 is 2.67 bits per heavy atom. The maximum atomic E-state index is 6.47. The topological polar surface area (TPSA) is 32.5 Å². The van der Waals surface area contributed by atoms with Gasteiger partial charge in [-0.25, -0.2) is 0 Å². The van der Waals surface area contributed by atoms with E-state index in [1.165, 1.54) is 5.56 Å². The Morgan fingerprint density at radius 1 is 1.33 bits per heavy atom. The Kier molecular flexibility index (Phi) is 6.23. The SMILES string of the molecule is CCC(N)C(c1cccc(Br)c1)N1CCN(CC)C(C)C1. The van der Waals surface area contributed by atoms with Crippen molar-refractivity contribution in [1.29, 1.82) is 0 Å². The van der Waals surface area contributed by atoms with Crippen LogP contribution in [0.4, 0.5) is 0 Å². The first-order valence-electron chi connectivity index (χ1n) is 8.06. The van der Waals surface area contributed by atoms with E-state index in [0.717, 1.165) is 37.1 Å². The molecular formula is C17H28BrN3. The van der Waals surface area contributed by atoms with Crippen LogP contribution in [0.1, 0.15) is 38.8 Å². The van der Waals surface area contributed by atoms with Gasteiger partial charge in [-0.2, -0.15) is 0 Å². The van der Waals surface area contributed by atoms with Crippen molar-refractivity contribution in [3.8, 4) is 0 Å². The molecule has 3 unspecified atom stereocenters. The Labute approximate surface area is 137 Å². The molecule has 3 nitrogen and oxygen atoms in total. The number of benzene rings is 1. The molecule has 1 aromatic carbocycles. The van der Waals surface area contributed by atoms with E-state index in [1.807, 2.05) is 0 Å². The molecule has 0 spiro atoms. The van der Waals surface area contributed by atoms with Crippen LogP contribution in [0, 0.1) is 0 Å². The van der Waals surface area contributed by atoms with E-state index in [1.54, 1.807) is 0 Å². The van der Waals surface area contributed by atoms with E-state index < -0.39 is 0 Å². The molecule has 4 heteroatoms. The number of nitrogens with two attached hydrogens (primary N) is 1. The number of hydrogen-bond acceptors (Lipinski definition) is 3. The first kappa shape index (κ1) is 16.9. The van der Waals surface area contributed by atoms with Crippen LogP contribution in [0.3, 0.4) is 0 Å². The summed E-state index contributed by atoms with van der Waals surface area (Å²) in [5, 5.41) is 0. The lowest BCUT2D eigenvalue weighted by atomic mass is 9.95. The lowest BCUT2D eigenvalue weighted by molar-refractivity contribution is 0.0493. The molecule has 0 saturated carbocycles. The summed E-state index contributed by atoms with van der Waals surface area (Å²) >= 11 is 3.59. The van der Waals surface area contributed by atoms with Crippen molar-refractivity contribution < 1.29 is 0 Å². The lowest BCUT2D eigenvalue weighted by Gasteiger charge is -2.44. The normalized spacial score (nSPS) is 24.0. The molecule has 0 amide bonds. The molecule has 3 atom stereocenters. The molecule has 1 saturated heterocycles. The summed E-state index contributed by atoms with van der Waals surface area (Å²) in [5.41, 5.74) is 7.80. The largest absolute Gasteiger partial charge is 0.326 e. The minimum Gasteiger partial charge on any atom is -0.326 e. The van der Waals surface area contributed by atoms with E-state index in [9.17, 15) is 0 Å². The predicted molar refractivity (Wildman–Crippen MR) is 93.4 cm³/mol. The van der Waals surface area contributed by atoms with E-state index in [2.05, 4.69) is 70.8 Å². The van der Waals surface area contributed by atoms with Crippen LogP contribution in [0.25, 0.3) is 0 Å². The number of rotatable bonds is 5. The van der Waals surface area contributed by atoms with Crippen molar-refractivity contribution >= 4 is 15.9 Å². The van der Waals surface area contributed by atoms with Crippen LogP contribution in [0.15, 0.2) is 28.7 Å². The molecule has 0 aromatic heterocycles. The van der Waals surface area contributed by atoms with Crippen molar-refractivity contribution in [2.75, 3.05) is 26.2 Å². The molecule has 1 fully saturated rings. The minimum atomic E-state index is 0.180. The molecule has 1 aromatic rings. The Morgan fingerprint density at radius 2 is 2.10 bits per heavy atom. The zero-order valence-electron chi connectivity index (χ0n) is 13.4. The molecule has 0 aliphatic carbocycles. The van der Waals surface area contributed by atoms with Gasteiger partial charge in [0.05, 0.1) is 6.04 Å². The molecule has 118 valence electrons. The third-order valence-electron chi connectivity index (χ3n) is 4.66. The van der Waals surface area contributed by atoms with Crippen LogP contribution in [-0.2, 0) is 0 Å². The van der Waals surface area contributed by atoms with Crippen molar-refractivity contribution in [3.05, 3.63) is 34.3 Å². The molecule has 21 heavy (non-hydrogen) atoms. The Bertz CT molecular complexity index is 451. The Balaban J connectivity index is 2.21. The van der Waals surface area contributed by atoms with Gasteiger partial charge in [0, 0.05) is 36.2 Å². The molecule has 0 radical (unpaired) electrons. The highest BCUT2D eigenvalue weighted by Gasteiger charge is 2.31. The van der Waals surface area contributed by atoms with Gasteiger partial charge in [0.15, 0.2) is 0 Å². The molecule has 2 rings (SSSR count). The number of nitrogens with zero attached hydrogens (tertiary/aromatic N) is 2. The third kappa shape index (κ3) is 4.07. The van der Waals surface area contributed by atoms with E-state index in [4.69, 9.17) is 5.73 Å². The average molecular weight is 354 g/mol. The molecule has 1 aliphatic rings. The van der Waals surface area contributed by atoms with Crippen LogP contribution in [-0.4, -0.2) is 48.1 Å². The van der Waals surface area contributed by atoms with Crippen molar-refractivity contribution in [3.63, 3.8) is 0 Å². The second-order valence-electron chi connectivity index (χ2n) is 6.04. The summed E-state index contributed by atoms with van der Waals surface area (Å²) < 4.78 is 1.13. The van der Waals surface area contributed by atoms with Crippen LogP contribution < -0.4 is 5.73 Å². The van der Waals surface area contributed by atoms with Gasteiger partial charge in [0.2, 0.25) is 0 Å². The summed E-state index contributed by atoms with van der Waals surface area (Å²) in [6.45, 7) is 11.2. The smallest absolute Gasteiger partial charge is 0.0500 e. The molecule has 0 bridgehead atoms. The zero-order valence-corrected chi connectivity index (χ0v) is 15.0. The van der Waals surface area contributed by atoms with Gasteiger partial charge in [-0.3, -0.25) is 9.80 Å². The fourth-order valence-electron chi connectivity index (χ4n) is 3.39. The second kappa shape index (κ2) is 7.73. The number of piperazine rings is 1. The standard InChI is InChI=1S/C17H28BrN3/c1-4-16(19)17(14-7-6-8-15(18)11-14)21-10-9-20(5-2)13(3)12-21/h6-8,11,13,16-17H,4-5,9-10,12,19H2,1-3H3. The van der Waals surface area contributed by atoms with Gasteiger partial charge in [-0.15, -0.1) is 0 Å². The Hall–Kier alpha value is -0.420. The summed E-state index contributed by atoms with van der Waals surface area (Å²) in [5.74, 6) is 0. The second-order valence-corrected chi connectivity index (χ2v) is 6.96. The lowest BCUT2D eigenvalue weighted by Crippen LogP contribution is -2.55. The van der Waals surface area contributed by atoms with Crippen molar-refractivity contribution in [2.45, 2.75) is 45.3 Å². The first-order chi connectivity index (χ1) is 10.1. The highest BCUT2D eigenvalue weighted by atomic mass is 79.9. The molecular weight excluding hydrogens is 326 g/mol. The average Bonchev–Trinajstić information content (AvgIpc) is 2.47. The van der Waals surface area contributed by atoms with Gasteiger partial charge in [-0.1, -0.05) is 41.9 Å². The minimum absolute atomic E-state index is 0.180. The maximum absolute atomic E-state index is 6.47. The van der Waals surface area contributed by atoms with Gasteiger partial charge < -0.3 is 5.73 Å². The summed E-state index contributed by atoms with van der Waals surface area (Å²) in [7, 11) is 0. The predicted octanol–water partition coefficient (Wildman–Crippen LogP) is 3.25. The quantitative estimate of drug-likeness (QED) is 0.881. The van der Waals surface area contributed by atoms with Crippen molar-refractivity contribution in [1.82, 2.24) is 9.80 Å². The van der Waals surface area contributed by atoms with E-state index >= 15 is 0 Å². The summed E-state index contributed by atoms with van der Waals surface area (Å²) in [6, 6.07) is 9.71. The highest BCUT2D eigenvalue weighted by Crippen LogP contribution is 2.29. The first-order valence-corrected chi connectivity index (χ1v) is 8.85. The molecule has 1 aliphatic heterocycles. The van der Waals surface area contributed by atoms with Gasteiger partial charge in [0.1, 0.15) is 0 Å². The molecule has 1 heterocycles. The van der Waals surface area contributed by atoms with Crippen LogP contribution in [0.2, 0.25) is 0 Å². The van der Waals surface area contributed by atoms with Gasteiger partial charge in [-0.05, 0) is 37.6 Å². The highest BCUT2D eigenvalue weighted by molar-refractivity contribution is 9.10. The monoisotopic (exact) mass is 353 g/mol. The van der Waals surface area contributed by atoms with Gasteiger partial charge in [0.25, 0.3) is 0 Å². The fraction of sp³-hybridized carbons (Fsp3) is 0.647. The third-order valence-corrected chi connectivity index (χ3v) is 5.16. The number of hydrogen-bond donors (Lipinski definition) is 1. The van der Waals surface area contributed by atoms with E-state index in [0.29, 0.717) is 12.1 Å².